The van der Waals surface area contributed by atoms with Gasteiger partial charge in [-0.05, 0) is 18.1 Å². The monoisotopic (exact) mass is 228 g/mol. The van der Waals surface area contributed by atoms with Gasteiger partial charge in [0.25, 0.3) is 0 Å². The highest BCUT2D eigenvalue weighted by Gasteiger charge is 2.14. The molecule has 1 atom stereocenters. The fraction of sp³-hybridized carbons (Fsp3) is 0.300. The van der Waals surface area contributed by atoms with Crippen molar-refractivity contribution in [1.29, 1.82) is 0 Å². The van der Waals surface area contributed by atoms with Crippen LogP contribution in [-0.2, 0) is 6.42 Å². The lowest BCUT2D eigenvalue weighted by molar-refractivity contribution is 0.0999. The Hall–Kier alpha value is -1.10. The highest BCUT2D eigenvalue weighted by molar-refractivity contribution is 6.34. The molecular weight excluding hydrogens is 216 g/mol. The minimum absolute atomic E-state index is 0.148. The molecule has 0 radical (unpaired) electrons. The van der Waals surface area contributed by atoms with Crippen LogP contribution in [-0.4, -0.2) is 23.7 Å². The lowest BCUT2D eigenvalue weighted by Crippen LogP contribution is -2.28. The quantitative estimate of drug-likeness (QED) is 0.693. The number of nitrogens with two attached hydrogens (primary N) is 2. The molecule has 5 heteroatoms. The summed E-state index contributed by atoms with van der Waals surface area (Å²) in [7, 11) is 0. The molecule has 1 amide bonds. The van der Waals surface area contributed by atoms with E-state index in [0.29, 0.717) is 17.0 Å². The van der Waals surface area contributed by atoms with E-state index < -0.39 is 11.9 Å². The van der Waals surface area contributed by atoms with Crippen molar-refractivity contribution in [1.82, 2.24) is 0 Å². The molecule has 0 bridgehead atoms. The summed E-state index contributed by atoms with van der Waals surface area (Å²) in [4.78, 5) is 11.1. The number of primary amides is 1. The Kier molecular flexibility index (Phi) is 4.08. The van der Waals surface area contributed by atoms with Crippen molar-refractivity contribution < 1.29 is 9.90 Å². The third-order valence-corrected chi connectivity index (χ3v) is 2.38. The fourth-order valence-corrected chi connectivity index (χ4v) is 1.65. The van der Waals surface area contributed by atoms with E-state index in [1.165, 1.54) is 0 Å². The van der Waals surface area contributed by atoms with Crippen molar-refractivity contribution in [3.05, 3.63) is 34.3 Å². The molecule has 0 heterocycles. The number of aliphatic hydroxyl groups excluding tert-OH is 1. The fourth-order valence-electron chi connectivity index (χ4n) is 1.36. The first-order valence-corrected chi connectivity index (χ1v) is 4.87. The zero-order chi connectivity index (χ0) is 11.4. The minimum Gasteiger partial charge on any atom is -0.395 e. The first kappa shape index (κ1) is 12.0. The smallest absolute Gasteiger partial charge is 0.250 e. The Bertz CT molecular complexity index is 368. The Balaban J connectivity index is 3.06. The second-order valence-corrected chi connectivity index (χ2v) is 3.69. The molecule has 0 aromatic heterocycles. The Labute approximate surface area is 92.8 Å². The van der Waals surface area contributed by atoms with Gasteiger partial charge >= 0.3 is 0 Å². The van der Waals surface area contributed by atoms with E-state index in [1.807, 2.05) is 0 Å². The maximum atomic E-state index is 11.1. The van der Waals surface area contributed by atoms with Gasteiger partial charge in [0.1, 0.15) is 0 Å². The molecule has 0 spiro atoms. The van der Waals surface area contributed by atoms with Gasteiger partial charge in [0, 0.05) is 6.04 Å². The van der Waals surface area contributed by atoms with E-state index in [4.69, 9.17) is 28.2 Å². The summed E-state index contributed by atoms with van der Waals surface area (Å²) in [6.45, 7) is -0.148. The molecule has 1 aromatic carbocycles. The summed E-state index contributed by atoms with van der Waals surface area (Å²) in [5.41, 5.74) is 11.7. The van der Waals surface area contributed by atoms with Gasteiger partial charge in [-0.1, -0.05) is 23.7 Å². The van der Waals surface area contributed by atoms with Crippen molar-refractivity contribution in [3.8, 4) is 0 Å². The van der Waals surface area contributed by atoms with Crippen LogP contribution in [0.15, 0.2) is 18.2 Å². The number of aliphatic hydroxyl groups is 1. The summed E-state index contributed by atoms with van der Waals surface area (Å²) >= 11 is 5.85. The van der Waals surface area contributed by atoms with Crippen molar-refractivity contribution in [3.63, 3.8) is 0 Å². The molecule has 15 heavy (non-hydrogen) atoms. The maximum absolute atomic E-state index is 11.1. The molecule has 1 unspecified atom stereocenters. The molecule has 0 fully saturated rings. The second-order valence-electron chi connectivity index (χ2n) is 3.28. The van der Waals surface area contributed by atoms with Gasteiger partial charge in [-0.25, -0.2) is 0 Å². The zero-order valence-electron chi connectivity index (χ0n) is 8.11. The van der Waals surface area contributed by atoms with Gasteiger partial charge in [-0.3, -0.25) is 4.79 Å². The zero-order valence-corrected chi connectivity index (χ0v) is 8.87. The lowest BCUT2D eigenvalue weighted by atomic mass is 10.0. The number of carbonyl (C=O) groups is 1. The van der Waals surface area contributed by atoms with E-state index >= 15 is 0 Å². The van der Waals surface area contributed by atoms with E-state index in [1.54, 1.807) is 18.2 Å². The molecule has 1 rings (SSSR count). The van der Waals surface area contributed by atoms with Crippen molar-refractivity contribution in [2.75, 3.05) is 6.61 Å². The number of amides is 1. The van der Waals surface area contributed by atoms with E-state index in [2.05, 4.69) is 0 Å². The van der Waals surface area contributed by atoms with Crippen LogP contribution in [0.25, 0.3) is 0 Å². The van der Waals surface area contributed by atoms with Gasteiger partial charge < -0.3 is 16.6 Å². The van der Waals surface area contributed by atoms with Crippen LogP contribution in [0.4, 0.5) is 0 Å². The van der Waals surface area contributed by atoms with Crippen LogP contribution in [0.2, 0.25) is 5.02 Å². The summed E-state index contributed by atoms with van der Waals surface area (Å²) < 4.78 is 0. The standard InChI is InChI=1S/C10H13ClN2O2/c11-8-3-1-2-6(4-7(12)5-14)9(8)10(13)15/h1-3,7,14H,4-5,12H2,(H2,13,15). The largest absolute Gasteiger partial charge is 0.395 e. The van der Waals surface area contributed by atoms with Crippen LogP contribution < -0.4 is 11.5 Å². The van der Waals surface area contributed by atoms with Crippen LogP contribution in [0.1, 0.15) is 15.9 Å². The van der Waals surface area contributed by atoms with E-state index in [-0.39, 0.29) is 12.2 Å². The Morgan fingerprint density at radius 1 is 1.53 bits per heavy atom. The number of rotatable bonds is 4. The van der Waals surface area contributed by atoms with Gasteiger partial charge in [0.15, 0.2) is 0 Å². The molecule has 4 nitrogen and oxygen atoms in total. The molecule has 0 saturated carbocycles. The molecular formula is C10H13ClN2O2. The van der Waals surface area contributed by atoms with Crippen molar-refractivity contribution in [2.24, 2.45) is 11.5 Å². The van der Waals surface area contributed by atoms with Gasteiger partial charge in [-0.2, -0.15) is 0 Å². The first-order valence-electron chi connectivity index (χ1n) is 4.50. The number of hydrogen-bond donors (Lipinski definition) is 3. The first-order chi connectivity index (χ1) is 7.06. The highest BCUT2D eigenvalue weighted by Crippen LogP contribution is 2.20. The van der Waals surface area contributed by atoms with E-state index in [0.717, 1.165) is 0 Å². The summed E-state index contributed by atoms with van der Waals surface area (Å²) in [5, 5.41) is 9.13. The predicted octanol–water partition coefficient (Wildman–Crippen LogP) is 0.301. The van der Waals surface area contributed by atoms with E-state index in [9.17, 15) is 4.79 Å². The SMILES string of the molecule is NC(=O)c1c(Cl)cccc1CC(N)CO. The second kappa shape index (κ2) is 5.11. The van der Waals surface area contributed by atoms with Gasteiger partial charge in [0.2, 0.25) is 5.91 Å². The number of benzene rings is 1. The summed E-state index contributed by atoms with van der Waals surface area (Å²) in [6.07, 6.45) is 0.370. The van der Waals surface area contributed by atoms with Crippen LogP contribution >= 0.6 is 11.6 Å². The number of halogens is 1. The van der Waals surface area contributed by atoms with Crippen molar-refractivity contribution >= 4 is 17.5 Å². The van der Waals surface area contributed by atoms with Crippen LogP contribution in [0.5, 0.6) is 0 Å². The number of hydrogen-bond acceptors (Lipinski definition) is 3. The number of carbonyl (C=O) groups excluding carboxylic acids is 1. The predicted molar refractivity (Wildman–Crippen MR) is 58.7 cm³/mol. The average molecular weight is 229 g/mol. The molecule has 5 N–H and O–H groups in total. The third kappa shape index (κ3) is 2.92. The topological polar surface area (TPSA) is 89.3 Å². The van der Waals surface area contributed by atoms with Crippen LogP contribution in [0, 0.1) is 0 Å². The van der Waals surface area contributed by atoms with Gasteiger partial charge in [0.05, 0.1) is 17.2 Å². The lowest BCUT2D eigenvalue weighted by Gasteiger charge is -2.11. The Morgan fingerprint density at radius 2 is 2.20 bits per heavy atom. The molecule has 0 aliphatic rings. The molecule has 0 saturated heterocycles. The highest BCUT2D eigenvalue weighted by atomic mass is 35.5. The minimum atomic E-state index is -0.583. The average Bonchev–Trinajstić information content (AvgIpc) is 2.17. The maximum Gasteiger partial charge on any atom is 0.250 e. The molecule has 1 aromatic rings. The summed E-state index contributed by atoms with van der Waals surface area (Å²) in [5.74, 6) is -0.583. The van der Waals surface area contributed by atoms with Crippen LogP contribution in [0.3, 0.4) is 0 Å². The molecule has 0 aliphatic heterocycles. The van der Waals surface area contributed by atoms with Gasteiger partial charge in [-0.15, -0.1) is 0 Å². The third-order valence-electron chi connectivity index (χ3n) is 2.06. The normalized spacial score (nSPS) is 12.5. The molecule has 82 valence electrons. The molecule has 0 aliphatic carbocycles. The summed E-state index contributed by atoms with van der Waals surface area (Å²) in [6, 6.07) is 4.62. The van der Waals surface area contributed by atoms with Crippen molar-refractivity contribution in [2.45, 2.75) is 12.5 Å². The Morgan fingerprint density at radius 3 is 2.73 bits per heavy atom.